The molecule has 8 aromatic heterocycles. The van der Waals surface area contributed by atoms with Gasteiger partial charge in [0.15, 0.2) is 50.2 Å². The van der Waals surface area contributed by atoms with Crippen molar-refractivity contribution >= 4 is 222 Å². The third kappa shape index (κ3) is 7.55. The molecule has 0 spiro atoms. The average Bonchev–Trinajstić information content (AvgIpc) is 2.37. The van der Waals surface area contributed by atoms with E-state index in [1.807, 2.05) is 146 Å². The van der Waals surface area contributed by atoms with Crippen LogP contribution in [0.15, 0.2) is 254 Å². The summed E-state index contributed by atoms with van der Waals surface area (Å²) in [5.74, 6) is 0. The van der Waals surface area contributed by atoms with Gasteiger partial charge in [-0.25, -0.2) is 0 Å². The number of fused-ring (bicyclic) bond motifs is 28. The van der Waals surface area contributed by atoms with Crippen LogP contribution in [0.2, 0.25) is 20.1 Å². The lowest BCUT2D eigenvalue weighted by Gasteiger charge is -1.92. The molecule has 0 radical (unpaired) electrons. The second kappa shape index (κ2) is 18.9. The minimum absolute atomic E-state index is 0.618. The first-order chi connectivity index (χ1) is 41.3. The first-order valence-electron chi connectivity index (χ1n) is 26.9. The monoisotopic (exact) mass is 1170 g/mol. The molecule has 0 N–H and O–H groups in total. The summed E-state index contributed by atoms with van der Waals surface area (Å²) in [5, 5.41) is 19.5. The van der Waals surface area contributed by atoms with Gasteiger partial charge in [0.2, 0.25) is 0 Å². The minimum Gasteiger partial charge on any atom is -0.452 e. The van der Waals surface area contributed by atoms with Gasteiger partial charge in [0.05, 0.1) is 10.0 Å². The third-order valence-corrected chi connectivity index (χ3v) is 16.9. The molecule has 0 atom stereocenters. The summed E-state index contributed by atoms with van der Waals surface area (Å²) in [6.07, 6.45) is 0. The molecule has 12 aromatic carbocycles. The molecule has 0 aliphatic heterocycles. The number of hydrogen-bond donors (Lipinski definition) is 0. The largest absolute Gasteiger partial charge is 0.452 e. The minimum atomic E-state index is 0.618. The molecule has 8 nitrogen and oxygen atoms in total. The number of rotatable bonds is 0. The summed E-state index contributed by atoms with van der Waals surface area (Å²) in [7, 11) is 0. The quantitative estimate of drug-likeness (QED) is 0.148. The Bertz CT molecular complexity index is 5920. The van der Waals surface area contributed by atoms with Gasteiger partial charge in [-0.05, 0) is 121 Å². The highest BCUT2D eigenvalue weighted by atomic mass is 35.5. The molecule has 0 amide bonds. The van der Waals surface area contributed by atoms with E-state index in [0.717, 1.165) is 170 Å². The van der Waals surface area contributed by atoms with Crippen molar-refractivity contribution in [3.8, 4) is 0 Å². The van der Waals surface area contributed by atoms with E-state index in [1.165, 1.54) is 0 Å². The van der Waals surface area contributed by atoms with E-state index in [1.54, 1.807) is 0 Å². The summed E-state index contributed by atoms with van der Waals surface area (Å²) in [6, 6.07) is 71.5. The molecule has 20 rings (SSSR count). The zero-order chi connectivity index (χ0) is 55.9. The van der Waals surface area contributed by atoms with Gasteiger partial charge >= 0.3 is 0 Å². The summed E-state index contributed by atoms with van der Waals surface area (Å²) in [5.41, 5.74) is 12.8. The van der Waals surface area contributed by atoms with Crippen LogP contribution in [0, 0.1) is 0 Å². The molecule has 0 bridgehead atoms. The van der Waals surface area contributed by atoms with Gasteiger partial charge in [0.25, 0.3) is 0 Å². The van der Waals surface area contributed by atoms with Crippen molar-refractivity contribution in [2.24, 2.45) is 0 Å². The standard InChI is InChI=1S/4C18H9ClO2/c19-14-6-3-5-11-13-9-8-12-10-4-1-2-7-15(10)20-17(12)18(13)21-16(11)14;19-13-5-3-7-15-16(13)12-9-8-11-10-4-1-2-6-14(10)20-17(11)18(12)21-15;19-10-5-8-16-14(9-10)13-7-6-12-11-3-1-2-4-15(11)20-17(12)18(13)21-16;19-10-5-6-12-14-8-7-13-11-3-1-2-4-15(11)20-17(13)18(14)21-16(12)9-10/h4*1-9H. The van der Waals surface area contributed by atoms with Crippen molar-refractivity contribution in [1.29, 1.82) is 0 Å². The Hall–Kier alpha value is -9.80. The van der Waals surface area contributed by atoms with Crippen LogP contribution in [0.25, 0.3) is 176 Å². The Morgan fingerprint density at radius 1 is 0.179 bits per heavy atom. The second-order valence-electron chi connectivity index (χ2n) is 20.6. The highest BCUT2D eigenvalue weighted by molar-refractivity contribution is 6.39. The van der Waals surface area contributed by atoms with Crippen LogP contribution in [-0.2, 0) is 0 Å². The van der Waals surface area contributed by atoms with Crippen LogP contribution in [-0.4, -0.2) is 0 Å². The van der Waals surface area contributed by atoms with Crippen molar-refractivity contribution in [3.05, 3.63) is 238 Å². The van der Waals surface area contributed by atoms with Gasteiger partial charge in [0.1, 0.15) is 39.1 Å². The Morgan fingerprint density at radius 2 is 0.476 bits per heavy atom. The average molecular weight is 1170 g/mol. The van der Waals surface area contributed by atoms with Crippen molar-refractivity contribution in [3.63, 3.8) is 0 Å². The number of para-hydroxylation sites is 5. The Balaban J connectivity index is 0.0000000882. The van der Waals surface area contributed by atoms with Crippen LogP contribution < -0.4 is 0 Å². The fourth-order valence-corrected chi connectivity index (χ4v) is 12.8. The first-order valence-corrected chi connectivity index (χ1v) is 28.5. The van der Waals surface area contributed by atoms with Gasteiger partial charge < -0.3 is 35.3 Å². The van der Waals surface area contributed by atoms with Crippen molar-refractivity contribution in [2.45, 2.75) is 0 Å². The number of hydrogen-bond acceptors (Lipinski definition) is 8. The summed E-state index contributed by atoms with van der Waals surface area (Å²) >= 11 is 24.7. The molecule has 0 aliphatic rings. The zero-order valence-electron chi connectivity index (χ0n) is 43.6. The Kier molecular flexibility index (Phi) is 11.0. The van der Waals surface area contributed by atoms with Crippen LogP contribution >= 0.6 is 46.4 Å². The van der Waals surface area contributed by atoms with Crippen LogP contribution in [0.5, 0.6) is 0 Å². The molecule has 400 valence electrons. The van der Waals surface area contributed by atoms with Crippen molar-refractivity contribution in [1.82, 2.24) is 0 Å². The SMILES string of the molecule is Clc1ccc2c(c1)oc1c2ccc2c3ccccc3oc21.Clc1ccc2oc3c(ccc4c5ccccc5oc43)c2c1.Clc1cccc2c1oc1c2ccc2c3ccccc3oc21.Clc1cccc2oc3c(ccc4c5ccccc5oc43)c12. The molecular weight excluding hydrogens is 1130 g/mol. The molecule has 0 saturated carbocycles. The second-order valence-corrected chi connectivity index (χ2v) is 22.3. The van der Waals surface area contributed by atoms with Gasteiger partial charge in [-0.3, -0.25) is 0 Å². The van der Waals surface area contributed by atoms with E-state index in [9.17, 15) is 0 Å². The van der Waals surface area contributed by atoms with Gasteiger partial charge in [0, 0.05) is 102 Å². The van der Waals surface area contributed by atoms with Gasteiger partial charge in [-0.2, -0.15) is 0 Å². The summed E-state index contributed by atoms with van der Waals surface area (Å²) < 4.78 is 48.0. The lowest BCUT2D eigenvalue weighted by Crippen LogP contribution is -1.70. The van der Waals surface area contributed by atoms with Crippen molar-refractivity contribution < 1.29 is 35.3 Å². The maximum Gasteiger partial charge on any atom is 0.178 e. The number of furan rings is 8. The highest BCUT2D eigenvalue weighted by Crippen LogP contribution is 2.44. The third-order valence-electron chi connectivity index (χ3n) is 15.8. The van der Waals surface area contributed by atoms with Crippen molar-refractivity contribution in [2.75, 3.05) is 0 Å². The maximum absolute atomic E-state index is 6.32. The van der Waals surface area contributed by atoms with Gasteiger partial charge in [-0.1, -0.05) is 137 Å². The number of benzene rings is 12. The molecule has 0 saturated heterocycles. The predicted molar refractivity (Wildman–Crippen MR) is 344 cm³/mol. The normalized spacial score (nSPS) is 12.0. The van der Waals surface area contributed by atoms with Crippen LogP contribution in [0.3, 0.4) is 0 Å². The Morgan fingerprint density at radius 3 is 0.988 bits per heavy atom. The molecule has 0 aliphatic carbocycles. The maximum atomic E-state index is 6.32. The molecule has 84 heavy (non-hydrogen) atoms. The van der Waals surface area contributed by atoms with Gasteiger partial charge in [-0.15, -0.1) is 0 Å². The zero-order valence-corrected chi connectivity index (χ0v) is 46.6. The molecule has 20 aromatic rings. The molecule has 0 fully saturated rings. The Labute approximate surface area is 492 Å². The van der Waals surface area contributed by atoms with E-state index in [-0.39, 0.29) is 0 Å². The summed E-state index contributed by atoms with van der Waals surface area (Å²) in [6.45, 7) is 0. The topological polar surface area (TPSA) is 105 Å². The summed E-state index contributed by atoms with van der Waals surface area (Å²) in [4.78, 5) is 0. The highest BCUT2D eigenvalue weighted by Gasteiger charge is 2.21. The van der Waals surface area contributed by atoms with E-state index >= 15 is 0 Å². The number of halogens is 4. The lowest BCUT2D eigenvalue weighted by atomic mass is 10.1. The molecular formula is C72H36Cl4O8. The predicted octanol–water partition coefficient (Wildman–Crippen LogP) is 24.6. The molecule has 12 heteroatoms. The molecule has 8 heterocycles. The molecule has 0 unspecified atom stereocenters. The van der Waals surface area contributed by atoms with Crippen LogP contribution in [0.4, 0.5) is 0 Å². The smallest absolute Gasteiger partial charge is 0.178 e. The first kappa shape index (κ1) is 48.9. The lowest BCUT2D eigenvalue weighted by molar-refractivity contribution is 0.633. The van der Waals surface area contributed by atoms with E-state index in [0.29, 0.717) is 25.7 Å². The van der Waals surface area contributed by atoms with E-state index < -0.39 is 0 Å². The van der Waals surface area contributed by atoms with Crippen LogP contribution in [0.1, 0.15) is 0 Å². The van der Waals surface area contributed by atoms with E-state index in [4.69, 9.17) is 81.7 Å². The fraction of sp³-hybridized carbons (Fsp3) is 0. The fourth-order valence-electron chi connectivity index (χ4n) is 12.0. The van der Waals surface area contributed by atoms with E-state index in [2.05, 4.69) is 72.8 Å².